The summed E-state index contributed by atoms with van der Waals surface area (Å²) in [5.74, 6) is 0.121. The Bertz CT molecular complexity index is 586. The van der Waals surface area contributed by atoms with Crippen LogP contribution in [0.1, 0.15) is 11.1 Å². The number of rotatable bonds is 3. The lowest BCUT2D eigenvalue weighted by molar-refractivity contribution is 1.22. The predicted molar refractivity (Wildman–Crippen MR) is 79.7 cm³/mol. The molecule has 0 unspecified atom stereocenters. The fourth-order valence-corrected chi connectivity index (χ4v) is 1.40. The van der Waals surface area contributed by atoms with Gasteiger partial charge >= 0.3 is 0 Å². The number of guanidine groups is 1. The van der Waals surface area contributed by atoms with Gasteiger partial charge in [0.2, 0.25) is 5.96 Å². The number of hydrogen-bond donors (Lipinski definition) is 1. The Morgan fingerprint density at radius 3 is 1.89 bits per heavy atom. The second-order valence-electron chi connectivity index (χ2n) is 3.78. The predicted octanol–water partition coefficient (Wildman–Crippen LogP) is 2.45. The molecule has 0 radical (unpaired) electrons. The van der Waals surface area contributed by atoms with Crippen LogP contribution in [0.2, 0.25) is 0 Å². The molecule has 0 fully saturated rings. The summed E-state index contributed by atoms with van der Waals surface area (Å²) in [6.07, 6.45) is 3.28. The number of benzene rings is 2. The van der Waals surface area contributed by atoms with Gasteiger partial charge in [-0.15, -0.1) is 5.10 Å². The SMILES string of the molecule is NC(/N=C/c1ccccc1)=N\N=C\c1ccccc1. The van der Waals surface area contributed by atoms with Gasteiger partial charge in [-0.25, -0.2) is 4.99 Å². The zero-order valence-corrected chi connectivity index (χ0v) is 10.3. The third-order valence-corrected chi connectivity index (χ3v) is 2.31. The van der Waals surface area contributed by atoms with Gasteiger partial charge in [-0.05, 0) is 11.1 Å². The number of nitrogens with zero attached hydrogens (tertiary/aromatic N) is 3. The highest BCUT2D eigenvalue weighted by molar-refractivity contribution is 5.93. The maximum Gasteiger partial charge on any atom is 0.240 e. The van der Waals surface area contributed by atoms with Gasteiger partial charge in [0.1, 0.15) is 0 Å². The zero-order valence-electron chi connectivity index (χ0n) is 10.3. The van der Waals surface area contributed by atoms with E-state index < -0.39 is 0 Å². The highest BCUT2D eigenvalue weighted by Crippen LogP contribution is 1.95. The van der Waals surface area contributed by atoms with E-state index in [1.165, 1.54) is 0 Å². The van der Waals surface area contributed by atoms with E-state index in [-0.39, 0.29) is 5.96 Å². The van der Waals surface area contributed by atoms with Crippen molar-refractivity contribution < 1.29 is 0 Å². The Hall–Kier alpha value is -2.75. The molecule has 0 amide bonds. The monoisotopic (exact) mass is 250 g/mol. The molecule has 0 bridgehead atoms. The Morgan fingerprint density at radius 2 is 1.32 bits per heavy atom. The van der Waals surface area contributed by atoms with Gasteiger partial charge in [0.05, 0.1) is 6.21 Å². The molecule has 0 spiro atoms. The van der Waals surface area contributed by atoms with Crippen molar-refractivity contribution in [3.05, 3.63) is 71.8 Å². The molecule has 0 atom stereocenters. The summed E-state index contributed by atoms with van der Waals surface area (Å²) < 4.78 is 0. The van der Waals surface area contributed by atoms with Gasteiger partial charge in [0, 0.05) is 6.21 Å². The van der Waals surface area contributed by atoms with E-state index in [0.717, 1.165) is 11.1 Å². The smallest absolute Gasteiger partial charge is 0.240 e. The average molecular weight is 250 g/mol. The maximum atomic E-state index is 5.62. The first kappa shape index (κ1) is 12.7. The van der Waals surface area contributed by atoms with Crippen LogP contribution in [0, 0.1) is 0 Å². The molecular weight excluding hydrogens is 236 g/mol. The van der Waals surface area contributed by atoms with Gasteiger partial charge in [0.15, 0.2) is 0 Å². The fourth-order valence-electron chi connectivity index (χ4n) is 1.40. The minimum Gasteiger partial charge on any atom is -0.366 e. The van der Waals surface area contributed by atoms with E-state index in [4.69, 9.17) is 5.73 Å². The zero-order chi connectivity index (χ0) is 13.3. The van der Waals surface area contributed by atoms with Crippen molar-refractivity contribution in [2.75, 3.05) is 0 Å². The highest BCUT2D eigenvalue weighted by Gasteiger charge is 1.87. The van der Waals surface area contributed by atoms with Crippen LogP contribution in [-0.2, 0) is 0 Å². The van der Waals surface area contributed by atoms with Crippen molar-refractivity contribution in [3.8, 4) is 0 Å². The van der Waals surface area contributed by atoms with Gasteiger partial charge in [-0.2, -0.15) is 5.10 Å². The van der Waals surface area contributed by atoms with Crippen LogP contribution < -0.4 is 5.73 Å². The van der Waals surface area contributed by atoms with Crippen molar-refractivity contribution in [1.82, 2.24) is 0 Å². The van der Waals surface area contributed by atoms with Gasteiger partial charge in [-0.3, -0.25) is 0 Å². The first-order valence-corrected chi connectivity index (χ1v) is 5.85. The summed E-state index contributed by atoms with van der Waals surface area (Å²) in [4.78, 5) is 4.01. The highest BCUT2D eigenvalue weighted by atomic mass is 15.3. The molecule has 94 valence electrons. The Kier molecular flexibility index (Phi) is 4.58. The van der Waals surface area contributed by atoms with Crippen molar-refractivity contribution in [1.29, 1.82) is 0 Å². The van der Waals surface area contributed by atoms with Crippen molar-refractivity contribution in [2.24, 2.45) is 20.9 Å². The summed E-state index contributed by atoms with van der Waals surface area (Å²) in [5, 5.41) is 7.68. The first-order valence-electron chi connectivity index (χ1n) is 5.85. The van der Waals surface area contributed by atoms with Crippen molar-refractivity contribution >= 4 is 18.4 Å². The summed E-state index contributed by atoms with van der Waals surface area (Å²) in [6, 6.07) is 19.4. The molecule has 0 saturated carbocycles. The third-order valence-electron chi connectivity index (χ3n) is 2.31. The molecule has 0 heterocycles. The quantitative estimate of drug-likeness (QED) is 0.507. The lowest BCUT2D eigenvalue weighted by Gasteiger charge is -1.91. The van der Waals surface area contributed by atoms with Crippen LogP contribution in [-0.4, -0.2) is 18.4 Å². The van der Waals surface area contributed by atoms with E-state index in [1.807, 2.05) is 60.7 Å². The van der Waals surface area contributed by atoms with Gasteiger partial charge in [-0.1, -0.05) is 60.7 Å². The Balaban J connectivity index is 1.97. The normalized spacial score (nSPS) is 12.3. The van der Waals surface area contributed by atoms with E-state index in [1.54, 1.807) is 12.4 Å². The maximum absolute atomic E-state index is 5.62. The molecule has 2 aromatic carbocycles. The van der Waals surface area contributed by atoms with E-state index in [0.29, 0.717) is 0 Å². The van der Waals surface area contributed by atoms with Crippen LogP contribution in [0.4, 0.5) is 0 Å². The molecule has 0 aromatic heterocycles. The summed E-state index contributed by atoms with van der Waals surface area (Å²) in [5.41, 5.74) is 7.55. The molecule has 2 rings (SSSR count). The molecule has 19 heavy (non-hydrogen) atoms. The number of nitrogens with two attached hydrogens (primary N) is 1. The van der Waals surface area contributed by atoms with Crippen LogP contribution >= 0.6 is 0 Å². The summed E-state index contributed by atoms with van der Waals surface area (Å²) in [6.45, 7) is 0. The Labute approximate surface area is 112 Å². The lowest BCUT2D eigenvalue weighted by atomic mass is 10.2. The molecule has 2 N–H and O–H groups in total. The van der Waals surface area contributed by atoms with E-state index >= 15 is 0 Å². The van der Waals surface area contributed by atoms with Crippen molar-refractivity contribution in [2.45, 2.75) is 0 Å². The summed E-state index contributed by atoms with van der Waals surface area (Å²) in [7, 11) is 0. The second-order valence-corrected chi connectivity index (χ2v) is 3.78. The lowest BCUT2D eigenvalue weighted by Crippen LogP contribution is -2.07. The number of hydrogen-bond acceptors (Lipinski definition) is 2. The molecular formula is C15H14N4. The largest absolute Gasteiger partial charge is 0.366 e. The third kappa shape index (κ3) is 4.55. The van der Waals surface area contributed by atoms with Crippen LogP contribution in [0.3, 0.4) is 0 Å². The molecule has 2 aromatic rings. The molecule has 0 aliphatic rings. The molecule has 0 aliphatic heterocycles. The first-order chi connectivity index (χ1) is 9.34. The standard InChI is InChI=1S/C15H14N4/c16-15(17-11-13-7-3-1-4-8-13)19-18-12-14-9-5-2-6-10-14/h1-12H,(H2,16,19)/b17-11+,18-12+. The molecule has 0 aliphatic carbocycles. The van der Waals surface area contributed by atoms with Crippen LogP contribution in [0.15, 0.2) is 75.9 Å². The van der Waals surface area contributed by atoms with Gasteiger partial charge < -0.3 is 5.73 Å². The average Bonchev–Trinajstić information content (AvgIpc) is 2.47. The minimum absolute atomic E-state index is 0.121. The topological polar surface area (TPSA) is 63.1 Å². The minimum atomic E-state index is 0.121. The molecule has 4 heteroatoms. The second kappa shape index (κ2) is 6.86. The van der Waals surface area contributed by atoms with E-state index in [9.17, 15) is 0 Å². The molecule has 0 saturated heterocycles. The molecule has 4 nitrogen and oxygen atoms in total. The summed E-state index contributed by atoms with van der Waals surface area (Å²) >= 11 is 0. The number of aliphatic imine (C=N–C) groups is 1. The fraction of sp³-hybridized carbons (Fsp3) is 0. The van der Waals surface area contributed by atoms with Crippen molar-refractivity contribution in [3.63, 3.8) is 0 Å². The van der Waals surface area contributed by atoms with Crippen LogP contribution in [0.25, 0.3) is 0 Å². The van der Waals surface area contributed by atoms with Crippen LogP contribution in [0.5, 0.6) is 0 Å². The van der Waals surface area contributed by atoms with Gasteiger partial charge in [0.25, 0.3) is 0 Å². The van der Waals surface area contributed by atoms with E-state index in [2.05, 4.69) is 15.2 Å². The Morgan fingerprint density at radius 1 is 0.789 bits per heavy atom.